The van der Waals surface area contributed by atoms with Crippen molar-refractivity contribution in [1.29, 1.82) is 0 Å². The summed E-state index contributed by atoms with van der Waals surface area (Å²) in [4.78, 5) is 20.6. The van der Waals surface area contributed by atoms with Crippen LogP contribution in [0.3, 0.4) is 0 Å². The Morgan fingerprint density at radius 3 is 2.73 bits per heavy atom. The number of para-hydroxylation sites is 1. The predicted octanol–water partition coefficient (Wildman–Crippen LogP) is 2.66. The Hall–Kier alpha value is -3.55. The van der Waals surface area contributed by atoms with Crippen LogP contribution >= 0.6 is 0 Å². The number of carbonyl (C=O) groups excluding carboxylic acids is 1. The van der Waals surface area contributed by atoms with E-state index in [4.69, 9.17) is 0 Å². The highest BCUT2D eigenvalue weighted by atomic mass is 16.1. The van der Waals surface area contributed by atoms with Gasteiger partial charge in [-0.25, -0.2) is 14.6 Å². The molecular weight excluding hydrogens is 330 g/mol. The second-order valence-corrected chi connectivity index (χ2v) is 5.81. The zero-order valence-electron chi connectivity index (χ0n) is 14.4. The molecule has 0 fully saturated rings. The van der Waals surface area contributed by atoms with Gasteiger partial charge in [-0.2, -0.15) is 14.9 Å². The Morgan fingerprint density at radius 1 is 1.15 bits per heavy atom. The van der Waals surface area contributed by atoms with Gasteiger partial charge in [-0.05, 0) is 19.1 Å². The summed E-state index contributed by atoms with van der Waals surface area (Å²) in [6.07, 6.45) is 3.57. The molecule has 0 aliphatic carbocycles. The number of aromatic nitrogens is 6. The standard InChI is InChI=1S/C18H17N7O/c1-3-16(26)22-15-9-12(2)23-25(15)18-14-10-21-24(17(14)19-11-20-18)13-7-5-4-6-8-13/h4-11H,3H2,1-2H3,(H,22,26). The highest BCUT2D eigenvalue weighted by molar-refractivity contribution is 5.91. The van der Waals surface area contributed by atoms with E-state index in [9.17, 15) is 4.79 Å². The van der Waals surface area contributed by atoms with Crippen LogP contribution in [0.25, 0.3) is 22.5 Å². The molecule has 3 aromatic heterocycles. The van der Waals surface area contributed by atoms with Crippen LogP contribution in [0.2, 0.25) is 0 Å². The third kappa shape index (κ3) is 2.71. The topological polar surface area (TPSA) is 90.5 Å². The number of rotatable bonds is 4. The smallest absolute Gasteiger partial charge is 0.225 e. The lowest BCUT2D eigenvalue weighted by molar-refractivity contribution is -0.115. The van der Waals surface area contributed by atoms with Crippen LogP contribution in [0.5, 0.6) is 0 Å². The minimum absolute atomic E-state index is 0.0866. The Labute approximate surface area is 149 Å². The summed E-state index contributed by atoms with van der Waals surface area (Å²) in [5.41, 5.74) is 2.35. The largest absolute Gasteiger partial charge is 0.311 e. The fraction of sp³-hybridized carbons (Fsp3) is 0.167. The minimum Gasteiger partial charge on any atom is -0.311 e. The number of anilines is 1. The van der Waals surface area contributed by atoms with Gasteiger partial charge in [0.1, 0.15) is 12.1 Å². The minimum atomic E-state index is -0.0866. The number of hydrogen-bond donors (Lipinski definition) is 1. The van der Waals surface area contributed by atoms with Crippen molar-refractivity contribution < 1.29 is 4.79 Å². The first-order valence-electron chi connectivity index (χ1n) is 8.28. The van der Waals surface area contributed by atoms with Gasteiger partial charge < -0.3 is 5.32 Å². The zero-order valence-corrected chi connectivity index (χ0v) is 14.4. The molecule has 26 heavy (non-hydrogen) atoms. The number of aryl methyl sites for hydroxylation is 1. The molecule has 8 heteroatoms. The Balaban J connectivity index is 1.87. The van der Waals surface area contributed by atoms with E-state index in [1.165, 1.54) is 6.33 Å². The molecule has 1 aromatic carbocycles. The maximum atomic E-state index is 11.8. The normalized spacial score (nSPS) is 11.0. The Morgan fingerprint density at radius 2 is 1.96 bits per heavy atom. The van der Waals surface area contributed by atoms with E-state index in [1.54, 1.807) is 22.5 Å². The molecule has 0 aliphatic rings. The number of nitrogens with one attached hydrogen (secondary N) is 1. The van der Waals surface area contributed by atoms with Crippen LogP contribution in [0.1, 0.15) is 19.0 Å². The molecule has 8 nitrogen and oxygen atoms in total. The highest BCUT2D eigenvalue weighted by Crippen LogP contribution is 2.24. The summed E-state index contributed by atoms with van der Waals surface area (Å²) in [5.74, 6) is 1.05. The van der Waals surface area contributed by atoms with Crippen LogP contribution in [0.15, 0.2) is 48.9 Å². The van der Waals surface area contributed by atoms with Gasteiger partial charge in [-0.15, -0.1) is 0 Å². The zero-order chi connectivity index (χ0) is 18.1. The van der Waals surface area contributed by atoms with Gasteiger partial charge in [0, 0.05) is 12.5 Å². The molecule has 1 amide bonds. The summed E-state index contributed by atoms with van der Waals surface area (Å²) >= 11 is 0. The molecule has 4 aromatic rings. The first-order valence-corrected chi connectivity index (χ1v) is 8.28. The van der Waals surface area contributed by atoms with E-state index < -0.39 is 0 Å². The molecule has 0 atom stereocenters. The Bertz CT molecular complexity index is 1080. The Kier molecular flexibility index (Phi) is 3.92. The number of carbonyl (C=O) groups is 1. The van der Waals surface area contributed by atoms with Crippen molar-refractivity contribution in [3.63, 3.8) is 0 Å². The molecule has 0 bridgehead atoms. The number of amides is 1. The molecule has 130 valence electrons. The average molecular weight is 347 g/mol. The van der Waals surface area contributed by atoms with Crippen LogP contribution in [-0.4, -0.2) is 35.4 Å². The third-order valence-electron chi connectivity index (χ3n) is 3.97. The van der Waals surface area contributed by atoms with Crippen molar-refractivity contribution in [3.8, 4) is 11.5 Å². The molecule has 1 N–H and O–H groups in total. The molecule has 0 saturated heterocycles. The van der Waals surface area contributed by atoms with Crippen molar-refractivity contribution >= 4 is 22.8 Å². The highest BCUT2D eigenvalue weighted by Gasteiger charge is 2.17. The summed E-state index contributed by atoms with van der Waals surface area (Å²) in [6, 6.07) is 11.6. The van der Waals surface area contributed by atoms with Gasteiger partial charge in [-0.3, -0.25) is 4.79 Å². The molecule has 0 saturated carbocycles. The average Bonchev–Trinajstić information content (AvgIpc) is 3.25. The van der Waals surface area contributed by atoms with E-state index in [-0.39, 0.29) is 5.91 Å². The van der Waals surface area contributed by atoms with Crippen molar-refractivity contribution in [3.05, 3.63) is 54.6 Å². The lowest BCUT2D eigenvalue weighted by Crippen LogP contribution is -2.14. The van der Waals surface area contributed by atoms with Crippen molar-refractivity contribution in [2.45, 2.75) is 20.3 Å². The maximum Gasteiger partial charge on any atom is 0.225 e. The number of nitrogens with zero attached hydrogens (tertiary/aromatic N) is 6. The predicted molar refractivity (Wildman–Crippen MR) is 97.4 cm³/mol. The van der Waals surface area contributed by atoms with E-state index in [2.05, 4.69) is 25.5 Å². The van der Waals surface area contributed by atoms with E-state index in [0.29, 0.717) is 23.7 Å². The van der Waals surface area contributed by atoms with Gasteiger partial charge in [0.25, 0.3) is 0 Å². The lowest BCUT2D eigenvalue weighted by Gasteiger charge is -2.08. The molecule has 4 rings (SSSR count). The quantitative estimate of drug-likeness (QED) is 0.613. The monoisotopic (exact) mass is 347 g/mol. The molecular formula is C18H17N7O. The first-order chi connectivity index (χ1) is 12.7. The van der Waals surface area contributed by atoms with Gasteiger partial charge in [0.15, 0.2) is 11.5 Å². The van der Waals surface area contributed by atoms with Crippen LogP contribution < -0.4 is 5.32 Å². The van der Waals surface area contributed by atoms with E-state index in [1.807, 2.05) is 43.3 Å². The first kappa shape index (κ1) is 15.9. The molecule has 0 unspecified atom stereocenters. The fourth-order valence-electron chi connectivity index (χ4n) is 2.74. The van der Waals surface area contributed by atoms with E-state index >= 15 is 0 Å². The molecule has 0 aliphatic heterocycles. The SMILES string of the molecule is CCC(=O)Nc1cc(C)nn1-c1ncnc2c1cnn2-c1ccccc1. The second kappa shape index (κ2) is 6.40. The molecule has 3 heterocycles. The van der Waals surface area contributed by atoms with Gasteiger partial charge in [-0.1, -0.05) is 25.1 Å². The fourth-order valence-corrected chi connectivity index (χ4v) is 2.74. The van der Waals surface area contributed by atoms with Gasteiger partial charge in [0.2, 0.25) is 5.91 Å². The summed E-state index contributed by atoms with van der Waals surface area (Å²) in [5, 5.41) is 12.5. The summed E-state index contributed by atoms with van der Waals surface area (Å²) in [7, 11) is 0. The van der Waals surface area contributed by atoms with Crippen molar-refractivity contribution in [1.82, 2.24) is 29.5 Å². The summed E-state index contributed by atoms with van der Waals surface area (Å²) < 4.78 is 3.37. The van der Waals surface area contributed by atoms with Gasteiger partial charge in [0.05, 0.1) is 23.0 Å². The third-order valence-corrected chi connectivity index (χ3v) is 3.97. The summed E-state index contributed by atoms with van der Waals surface area (Å²) in [6.45, 7) is 3.67. The maximum absolute atomic E-state index is 11.8. The van der Waals surface area contributed by atoms with E-state index in [0.717, 1.165) is 16.8 Å². The van der Waals surface area contributed by atoms with Crippen molar-refractivity contribution in [2.75, 3.05) is 5.32 Å². The number of fused-ring (bicyclic) bond motifs is 1. The van der Waals surface area contributed by atoms with Crippen LogP contribution in [-0.2, 0) is 4.79 Å². The van der Waals surface area contributed by atoms with Crippen LogP contribution in [0.4, 0.5) is 5.82 Å². The van der Waals surface area contributed by atoms with Gasteiger partial charge >= 0.3 is 0 Å². The second-order valence-electron chi connectivity index (χ2n) is 5.81. The van der Waals surface area contributed by atoms with Crippen molar-refractivity contribution in [2.24, 2.45) is 0 Å². The number of benzene rings is 1. The molecule has 0 spiro atoms. The molecule has 0 radical (unpaired) electrons. The lowest BCUT2D eigenvalue weighted by atomic mass is 10.3. The number of hydrogen-bond acceptors (Lipinski definition) is 5. The van der Waals surface area contributed by atoms with Crippen LogP contribution in [0, 0.1) is 6.92 Å².